The van der Waals surface area contributed by atoms with Crippen LogP contribution in [0, 0.1) is 0 Å². The molecule has 1 fully saturated rings. The first-order valence-electron chi connectivity index (χ1n) is 14.8. The Morgan fingerprint density at radius 1 is 0.900 bits per heavy atom. The summed E-state index contributed by atoms with van der Waals surface area (Å²) in [5.74, 6) is 1.09. The van der Waals surface area contributed by atoms with Gasteiger partial charge in [0, 0.05) is 11.3 Å². The minimum Gasteiger partial charge on any atom is -0.508 e. The number of hydrogen-bond donors (Lipinski definition) is 2. The number of thiol groups is 1. The van der Waals surface area contributed by atoms with Crippen molar-refractivity contribution in [2.75, 3.05) is 0 Å². The molecule has 4 heteroatoms. The summed E-state index contributed by atoms with van der Waals surface area (Å²) in [4.78, 5) is 14.2. The van der Waals surface area contributed by atoms with Crippen LogP contribution < -0.4 is 0 Å². The molecule has 0 saturated heterocycles. The van der Waals surface area contributed by atoms with E-state index in [1.165, 1.54) is 23.1 Å². The molecule has 0 amide bonds. The van der Waals surface area contributed by atoms with E-state index in [1.807, 2.05) is 30.3 Å². The predicted octanol–water partition coefficient (Wildman–Crippen LogP) is 9.98. The minimum atomic E-state index is -0.408. The van der Waals surface area contributed by atoms with E-state index in [1.54, 1.807) is 12.1 Å². The summed E-state index contributed by atoms with van der Waals surface area (Å²) in [6.07, 6.45) is 10.8. The second kappa shape index (κ2) is 14.1. The number of carbonyl (C=O) groups excluding carboxylic acids is 1. The van der Waals surface area contributed by atoms with E-state index in [4.69, 9.17) is 4.74 Å². The molecule has 40 heavy (non-hydrogen) atoms. The molecular weight excluding hydrogens is 512 g/mol. The van der Waals surface area contributed by atoms with E-state index in [-0.39, 0.29) is 11.7 Å². The van der Waals surface area contributed by atoms with E-state index in [9.17, 15) is 9.90 Å². The van der Waals surface area contributed by atoms with E-state index in [0.717, 1.165) is 49.8 Å². The third-order valence-electron chi connectivity index (χ3n) is 8.73. The fourth-order valence-corrected chi connectivity index (χ4v) is 6.47. The van der Waals surface area contributed by atoms with Crippen molar-refractivity contribution in [3.63, 3.8) is 0 Å². The first-order valence-corrected chi connectivity index (χ1v) is 15.3. The molecule has 212 valence electrons. The van der Waals surface area contributed by atoms with Crippen molar-refractivity contribution < 1.29 is 14.6 Å². The summed E-state index contributed by atoms with van der Waals surface area (Å²) in [5, 5.41) is 9.77. The van der Waals surface area contributed by atoms with Gasteiger partial charge in [-0.25, -0.2) is 4.79 Å². The summed E-state index contributed by atoms with van der Waals surface area (Å²) in [6, 6.07) is 24.2. The lowest BCUT2D eigenvalue weighted by atomic mass is 9.78. The van der Waals surface area contributed by atoms with Gasteiger partial charge in [0.2, 0.25) is 0 Å². The molecule has 0 spiro atoms. The van der Waals surface area contributed by atoms with E-state index < -0.39 is 5.60 Å². The van der Waals surface area contributed by atoms with Crippen LogP contribution in [0.25, 0.3) is 0 Å². The Kier molecular flexibility index (Phi) is 10.6. The molecule has 1 N–H and O–H groups in total. The predicted molar refractivity (Wildman–Crippen MR) is 168 cm³/mol. The topological polar surface area (TPSA) is 46.5 Å². The van der Waals surface area contributed by atoms with Crippen LogP contribution in [0.5, 0.6) is 5.75 Å². The average Bonchev–Trinajstić information content (AvgIpc) is 2.96. The number of carbonyl (C=O) groups is 1. The molecule has 1 aliphatic carbocycles. The molecular formula is C36H44O3S. The maximum atomic E-state index is 13.2. The smallest absolute Gasteiger partial charge is 0.338 e. The summed E-state index contributed by atoms with van der Waals surface area (Å²) < 4.78 is 6.15. The third kappa shape index (κ3) is 7.81. The van der Waals surface area contributed by atoms with E-state index >= 15 is 0 Å². The van der Waals surface area contributed by atoms with Crippen LogP contribution in [0.2, 0.25) is 0 Å². The standard InChI is InChI=1S/C36H44O3S/c1-4-21-36(22-7-6-8-23-36)39-35(38)31-11-9-30(10-12-31)32(24-26(3)28-13-17-33(37)18-14-28)25-27(5-2)29-15-19-34(40)20-16-29/h4,9-20,26-27,32,37,40H,1,5-8,21-25H2,2-3H3. The third-order valence-corrected chi connectivity index (χ3v) is 9.03. The lowest BCUT2D eigenvalue weighted by Gasteiger charge is -2.36. The zero-order chi connectivity index (χ0) is 28.5. The first-order chi connectivity index (χ1) is 19.3. The summed E-state index contributed by atoms with van der Waals surface area (Å²) in [7, 11) is 0. The van der Waals surface area contributed by atoms with Crippen molar-refractivity contribution in [2.24, 2.45) is 0 Å². The fraction of sp³-hybridized carbons (Fsp3) is 0.417. The molecule has 0 radical (unpaired) electrons. The van der Waals surface area contributed by atoms with E-state index in [0.29, 0.717) is 29.7 Å². The lowest BCUT2D eigenvalue weighted by Crippen LogP contribution is -2.36. The van der Waals surface area contributed by atoms with Gasteiger partial charge >= 0.3 is 5.97 Å². The quantitative estimate of drug-likeness (QED) is 0.133. The molecule has 1 aliphatic rings. The second-order valence-electron chi connectivity index (χ2n) is 11.6. The Morgan fingerprint density at radius 3 is 2.08 bits per heavy atom. The number of ether oxygens (including phenoxy) is 1. The Hall–Kier alpha value is -2.98. The van der Waals surface area contributed by atoms with Gasteiger partial charge in [0.1, 0.15) is 11.4 Å². The monoisotopic (exact) mass is 556 g/mol. The maximum Gasteiger partial charge on any atom is 0.338 e. The maximum absolute atomic E-state index is 13.2. The van der Waals surface area contributed by atoms with Gasteiger partial charge in [-0.05, 0) is 116 Å². The zero-order valence-corrected chi connectivity index (χ0v) is 24.9. The normalized spacial score (nSPS) is 17.0. The number of hydrogen-bond acceptors (Lipinski definition) is 4. The molecule has 0 bridgehead atoms. The van der Waals surface area contributed by atoms with Crippen LogP contribution in [-0.4, -0.2) is 16.7 Å². The molecule has 0 aliphatic heterocycles. The number of phenols is 1. The molecule has 0 heterocycles. The van der Waals surface area contributed by atoms with Crippen molar-refractivity contribution in [1.29, 1.82) is 0 Å². The molecule has 1 saturated carbocycles. The van der Waals surface area contributed by atoms with Crippen LogP contribution in [0.15, 0.2) is 90.3 Å². The van der Waals surface area contributed by atoms with Crippen LogP contribution >= 0.6 is 12.6 Å². The van der Waals surface area contributed by atoms with Gasteiger partial charge in [-0.2, -0.15) is 0 Å². The van der Waals surface area contributed by atoms with Crippen molar-refractivity contribution >= 4 is 18.6 Å². The average molecular weight is 557 g/mol. The highest BCUT2D eigenvalue weighted by Crippen LogP contribution is 2.40. The highest BCUT2D eigenvalue weighted by molar-refractivity contribution is 7.80. The zero-order valence-electron chi connectivity index (χ0n) is 24.0. The number of rotatable bonds is 12. The molecule has 3 aromatic carbocycles. The molecule has 4 rings (SSSR count). The van der Waals surface area contributed by atoms with Gasteiger partial charge in [-0.15, -0.1) is 19.2 Å². The Balaban J connectivity index is 1.55. The SMILES string of the molecule is C=CCC1(OC(=O)c2ccc(C(CC(C)c3ccc(O)cc3)CC(CC)c3ccc(S)cc3)cc2)CCCCC1. The summed E-state index contributed by atoms with van der Waals surface area (Å²) >= 11 is 4.47. The van der Waals surface area contributed by atoms with Crippen LogP contribution in [-0.2, 0) is 4.74 Å². The summed E-state index contributed by atoms with van der Waals surface area (Å²) in [5.41, 5.74) is 4.00. The van der Waals surface area contributed by atoms with Gasteiger partial charge in [0.05, 0.1) is 5.56 Å². The van der Waals surface area contributed by atoms with E-state index in [2.05, 4.69) is 69.5 Å². The van der Waals surface area contributed by atoms with Gasteiger partial charge in [0.25, 0.3) is 0 Å². The molecule has 0 aromatic heterocycles. The number of phenolic OH excluding ortho intramolecular Hbond substituents is 1. The first kappa shape index (κ1) is 30.0. The Labute approximate surface area is 246 Å². The van der Waals surface area contributed by atoms with Gasteiger partial charge < -0.3 is 9.84 Å². The van der Waals surface area contributed by atoms with Crippen molar-refractivity contribution in [1.82, 2.24) is 0 Å². The van der Waals surface area contributed by atoms with Crippen molar-refractivity contribution in [3.05, 3.63) is 108 Å². The number of aromatic hydroxyl groups is 1. The highest BCUT2D eigenvalue weighted by Gasteiger charge is 2.35. The van der Waals surface area contributed by atoms with Gasteiger partial charge in [0.15, 0.2) is 0 Å². The molecule has 3 aromatic rings. The van der Waals surface area contributed by atoms with Gasteiger partial charge in [-0.3, -0.25) is 0 Å². The Morgan fingerprint density at radius 2 is 1.48 bits per heavy atom. The van der Waals surface area contributed by atoms with Gasteiger partial charge in [-0.1, -0.05) is 62.7 Å². The fourth-order valence-electron chi connectivity index (χ4n) is 6.32. The van der Waals surface area contributed by atoms with Crippen LogP contribution in [0.3, 0.4) is 0 Å². The number of benzene rings is 3. The Bertz CT molecular complexity index is 1220. The summed E-state index contributed by atoms with van der Waals surface area (Å²) in [6.45, 7) is 8.42. The molecule has 3 atom stereocenters. The van der Waals surface area contributed by atoms with Crippen LogP contribution in [0.4, 0.5) is 0 Å². The van der Waals surface area contributed by atoms with Crippen molar-refractivity contribution in [3.8, 4) is 5.75 Å². The number of esters is 1. The van der Waals surface area contributed by atoms with Crippen molar-refractivity contribution in [2.45, 2.75) is 99.9 Å². The van der Waals surface area contributed by atoms with Crippen LogP contribution in [0.1, 0.15) is 116 Å². The minimum absolute atomic E-state index is 0.234. The molecule has 3 nitrogen and oxygen atoms in total. The largest absolute Gasteiger partial charge is 0.508 e. The highest BCUT2D eigenvalue weighted by atomic mass is 32.1. The lowest BCUT2D eigenvalue weighted by molar-refractivity contribution is -0.0359. The molecule has 3 unspecified atom stereocenters. The second-order valence-corrected chi connectivity index (χ2v) is 12.1.